The van der Waals surface area contributed by atoms with E-state index >= 15 is 0 Å². The second kappa shape index (κ2) is 7.20. The molecule has 2 heterocycles. The molecule has 1 aliphatic heterocycles. The molecule has 0 radical (unpaired) electrons. The van der Waals surface area contributed by atoms with Gasteiger partial charge >= 0.3 is 6.03 Å². The van der Waals surface area contributed by atoms with Crippen molar-refractivity contribution in [1.82, 2.24) is 20.4 Å². The van der Waals surface area contributed by atoms with Crippen molar-refractivity contribution in [2.75, 3.05) is 18.6 Å². The highest BCUT2D eigenvalue weighted by atomic mass is 32.2. The number of nitrogens with zero attached hydrogens (tertiary/aromatic N) is 2. The molecule has 5 nitrogen and oxygen atoms in total. The van der Waals surface area contributed by atoms with E-state index in [0.717, 1.165) is 42.9 Å². The van der Waals surface area contributed by atoms with Crippen LogP contribution in [0.15, 0.2) is 0 Å². The summed E-state index contributed by atoms with van der Waals surface area (Å²) in [6.07, 6.45) is 5.18. The van der Waals surface area contributed by atoms with Gasteiger partial charge in [-0.1, -0.05) is 0 Å². The van der Waals surface area contributed by atoms with Gasteiger partial charge in [0.1, 0.15) is 0 Å². The molecule has 2 N–H and O–H groups in total. The maximum atomic E-state index is 12.5. The van der Waals surface area contributed by atoms with Gasteiger partial charge in [-0.2, -0.15) is 16.9 Å². The molecule has 6 heteroatoms. The number of aromatic amines is 1. The van der Waals surface area contributed by atoms with Gasteiger partial charge < -0.3 is 10.2 Å². The molecule has 0 saturated carbocycles. The van der Waals surface area contributed by atoms with Gasteiger partial charge in [0.15, 0.2) is 0 Å². The van der Waals surface area contributed by atoms with Crippen LogP contribution >= 0.6 is 11.8 Å². The molecule has 1 saturated heterocycles. The van der Waals surface area contributed by atoms with Crippen LogP contribution in [0.3, 0.4) is 0 Å². The van der Waals surface area contributed by atoms with E-state index in [-0.39, 0.29) is 18.1 Å². The number of H-pyrrole nitrogens is 1. The minimum absolute atomic E-state index is 0.0612. The molecule has 0 bridgehead atoms. The van der Waals surface area contributed by atoms with Crippen LogP contribution in [0.4, 0.5) is 4.79 Å². The summed E-state index contributed by atoms with van der Waals surface area (Å²) >= 11 is 1.81. The van der Waals surface area contributed by atoms with Crippen LogP contribution < -0.4 is 5.32 Å². The van der Waals surface area contributed by atoms with E-state index < -0.39 is 0 Å². The van der Waals surface area contributed by atoms with Gasteiger partial charge in [-0.25, -0.2) is 4.79 Å². The number of aromatic nitrogens is 2. The number of nitrogens with one attached hydrogen (secondary N) is 2. The van der Waals surface area contributed by atoms with Gasteiger partial charge in [0.25, 0.3) is 0 Å². The Labute approximate surface area is 131 Å². The fourth-order valence-corrected chi connectivity index (χ4v) is 3.61. The minimum atomic E-state index is 0.0612. The van der Waals surface area contributed by atoms with Crippen molar-refractivity contribution in [3.05, 3.63) is 17.0 Å². The van der Waals surface area contributed by atoms with Crippen LogP contribution in [-0.4, -0.2) is 45.7 Å². The molecular weight excluding hydrogens is 284 g/mol. The highest BCUT2D eigenvalue weighted by Gasteiger charge is 2.33. The SMILES string of the molecule is CSCC[C@H](C)NC(=O)N1CCC[C@@H]1c1c(C)n[nH]c1C. The Bertz CT molecular complexity index is 469. The Morgan fingerprint density at radius 3 is 2.95 bits per heavy atom. The Balaban J connectivity index is 2.03. The first kappa shape index (κ1) is 16.2. The summed E-state index contributed by atoms with van der Waals surface area (Å²) in [5.74, 6) is 1.07. The van der Waals surface area contributed by atoms with Gasteiger partial charge in [-0.15, -0.1) is 0 Å². The lowest BCUT2D eigenvalue weighted by Crippen LogP contribution is -2.43. The third-order valence-corrected chi connectivity index (χ3v) is 4.80. The first-order valence-corrected chi connectivity index (χ1v) is 9.01. The third kappa shape index (κ3) is 3.73. The average Bonchev–Trinajstić information content (AvgIpc) is 3.03. The summed E-state index contributed by atoms with van der Waals surface area (Å²) in [6, 6.07) is 0.445. The number of hydrogen-bond acceptors (Lipinski definition) is 3. The number of carbonyl (C=O) groups excluding carboxylic acids is 1. The monoisotopic (exact) mass is 310 g/mol. The van der Waals surface area contributed by atoms with E-state index in [4.69, 9.17) is 0 Å². The van der Waals surface area contributed by atoms with Crippen molar-refractivity contribution in [2.24, 2.45) is 0 Å². The molecule has 1 aromatic rings. The largest absolute Gasteiger partial charge is 0.335 e. The summed E-state index contributed by atoms with van der Waals surface area (Å²) in [7, 11) is 0. The lowest BCUT2D eigenvalue weighted by atomic mass is 10.0. The Morgan fingerprint density at radius 1 is 1.57 bits per heavy atom. The molecule has 21 heavy (non-hydrogen) atoms. The first-order valence-electron chi connectivity index (χ1n) is 7.62. The summed E-state index contributed by atoms with van der Waals surface area (Å²) in [6.45, 7) is 6.95. The van der Waals surface area contributed by atoms with Crippen LogP contribution in [0.25, 0.3) is 0 Å². The Morgan fingerprint density at radius 2 is 2.33 bits per heavy atom. The highest BCUT2D eigenvalue weighted by molar-refractivity contribution is 7.98. The molecule has 0 aromatic carbocycles. The number of carbonyl (C=O) groups is 1. The zero-order chi connectivity index (χ0) is 15.4. The number of hydrogen-bond donors (Lipinski definition) is 2. The molecule has 0 unspecified atom stereocenters. The van der Waals surface area contributed by atoms with E-state index in [9.17, 15) is 4.79 Å². The molecule has 2 amide bonds. The molecule has 1 aromatic heterocycles. The number of amides is 2. The molecule has 1 fully saturated rings. The highest BCUT2D eigenvalue weighted by Crippen LogP contribution is 2.34. The predicted molar refractivity (Wildman–Crippen MR) is 87.7 cm³/mol. The summed E-state index contributed by atoms with van der Waals surface area (Å²) in [5.41, 5.74) is 3.28. The number of rotatable bonds is 5. The van der Waals surface area contributed by atoms with Gasteiger partial charge in [0.2, 0.25) is 0 Å². The van der Waals surface area contributed by atoms with Crippen LogP contribution in [0.1, 0.15) is 49.2 Å². The number of thioether (sulfide) groups is 1. The second-order valence-corrected chi connectivity index (χ2v) is 6.82. The van der Waals surface area contributed by atoms with Crippen LogP contribution in [-0.2, 0) is 0 Å². The number of likely N-dealkylation sites (tertiary alicyclic amines) is 1. The lowest BCUT2D eigenvalue weighted by Gasteiger charge is -2.27. The van der Waals surface area contributed by atoms with Crippen molar-refractivity contribution in [3.63, 3.8) is 0 Å². The molecule has 0 spiro atoms. The van der Waals surface area contributed by atoms with E-state index in [1.54, 1.807) is 0 Å². The van der Waals surface area contributed by atoms with Crippen molar-refractivity contribution < 1.29 is 4.79 Å². The molecular formula is C15H26N4OS. The number of aryl methyl sites for hydroxylation is 2. The van der Waals surface area contributed by atoms with E-state index in [1.165, 1.54) is 5.56 Å². The van der Waals surface area contributed by atoms with Gasteiger partial charge in [0.05, 0.1) is 11.7 Å². The maximum Gasteiger partial charge on any atom is 0.318 e. The smallest absolute Gasteiger partial charge is 0.318 e. The van der Waals surface area contributed by atoms with E-state index in [2.05, 4.69) is 28.7 Å². The van der Waals surface area contributed by atoms with Crippen molar-refractivity contribution in [2.45, 2.75) is 52.1 Å². The fraction of sp³-hybridized carbons (Fsp3) is 0.733. The predicted octanol–water partition coefficient (Wildman–Crippen LogP) is 3.01. The van der Waals surface area contributed by atoms with Gasteiger partial charge in [0, 0.05) is 23.8 Å². The van der Waals surface area contributed by atoms with Crippen molar-refractivity contribution in [3.8, 4) is 0 Å². The Kier molecular flexibility index (Phi) is 5.56. The molecule has 2 atom stereocenters. The maximum absolute atomic E-state index is 12.5. The lowest BCUT2D eigenvalue weighted by molar-refractivity contribution is 0.189. The third-order valence-electron chi connectivity index (χ3n) is 4.16. The standard InChI is InChI=1S/C15H26N4OS/c1-10(7-9-21-4)16-15(20)19-8-5-6-13(19)14-11(2)17-18-12(14)3/h10,13H,5-9H2,1-4H3,(H,16,20)(H,17,18)/t10-,13+/m0/s1. The molecule has 1 aliphatic rings. The topological polar surface area (TPSA) is 61.0 Å². The molecule has 0 aliphatic carbocycles. The number of urea groups is 1. The van der Waals surface area contributed by atoms with E-state index in [1.807, 2.05) is 30.5 Å². The van der Waals surface area contributed by atoms with Crippen molar-refractivity contribution >= 4 is 17.8 Å². The fourth-order valence-electron chi connectivity index (χ4n) is 3.02. The summed E-state index contributed by atoms with van der Waals surface area (Å²) < 4.78 is 0. The first-order chi connectivity index (χ1) is 10.0. The average molecular weight is 310 g/mol. The summed E-state index contributed by atoms with van der Waals surface area (Å²) in [5, 5.41) is 10.4. The molecule has 2 rings (SSSR count). The summed E-state index contributed by atoms with van der Waals surface area (Å²) in [4.78, 5) is 14.5. The quantitative estimate of drug-likeness (QED) is 0.879. The molecule has 118 valence electrons. The zero-order valence-corrected chi connectivity index (χ0v) is 14.2. The minimum Gasteiger partial charge on any atom is -0.335 e. The Hall–Kier alpha value is -1.17. The normalized spacial score (nSPS) is 19.8. The van der Waals surface area contributed by atoms with Crippen LogP contribution in [0.2, 0.25) is 0 Å². The van der Waals surface area contributed by atoms with Crippen LogP contribution in [0.5, 0.6) is 0 Å². The van der Waals surface area contributed by atoms with E-state index in [0.29, 0.717) is 0 Å². The van der Waals surface area contributed by atoms with Crippen LogP contribution in [0, 0.1) is 13.8 Å². The van der Waals surface area contributed by atoms with Gasteiger partial charge in [-0.05, 0) is 52.0 Å². The van der Waals surface area contributed by atoms with Gasteiger partial charge in [-0.3, -0.25) is 5.10 Å². The second-order valence-electron chi connectivity index (χ2n) is 5.83. The van der Waals surface area contributed by atoms with Crippen molar-refractivity contribution in [1.29, 1.82) is 0 Å². The zero-order valence-electron chi connectivity index (χ0n) is 13.4.